The first-order chi connectivity index (χ1) is 9.24. The van der Waals surface area contributed by atoms with Crippen molar-refractivity contribution in [2.24, 2.45) is 0 Å². The highest BCUT2D eigenvalue weighted by atomic mass is 15.2. The summed E-state index contributed by atoms with van der Waals surface area (Å²) in [5, 5.41) is 3.38. The van der Waals surface area contributed by atoms with Gasteiger partial charge in [0.2, 0.25) is 0 Å². The molecule has 1 aliphatic heterocycles. The fourth-order valence-corrected chi connectivity index (χ4v) is 2.63. The van der Waals surface area contributed by atoms with E-state index in [-0.39, 0.29) is 0 Å². The van der Waals surface area contributed by atoms with Crippen LogP contribution in [0.25, 0.3) is 5.69 Å². The lowest BCUT2D eigenvalue weighted by Gasteiger charge is -2.29. The predicted molar refractivity (Wildman–Crippen MR) is 78.1 cm³/mol. The van der Waals surface area contributed by atoms with E-state index in [0.717, 1.165) is 37.7 Å². The number of aryl methyl sites for hydroxylation is 2. The largest absolute Gasteiger partial charge is 0.369 e. The van der Waals surface area contributed by atoms with Crippen molar-refractivity contribution in [3.63, 3.8) is 0 Å². The van der Waals surface area contributed by atoms with Gasteiger partial charge in [-0.05, 0) is 38.1 Å². The Bertz CT molecular complexity index is 550. The number of hydrogen-bond donors (Lipinski definition) is 1. The maximum absolute atomic E-state index is 4.44. The summed E-state index contributed by atoms with van der Waals surface area (Å²) in [6.07, 6.45) is 2.08. The van der Waals surface area contributed by atoms with E-state index in [9.17, 15) is 0 Å². The molecule has 1 aliphatic rings. The monoisotopic (exact) mass is 256 g/mol. The van der Waals surface area contributed by atoms with Crippen molar-refractivity contribution in [2.45, 2.75) is 13.8 Å². The highest BCUT2D eigenvalue weighted by Crippen LogP contribution is 2.19. The Hall–Kier alpha value is -1.81. The molecule has 0 spiro atoms. The lowest BCUT2D eigenvalue weighted by atomic mass is 10.2. The van der Waals surface area contributed by atoms with Gasteiger partial charge in [0.05, 0.1) is 5.69 Å². The minimum atomic E-state index is 1.03. The fourth-order valence-electron chi connectivity index (χ4n) is 2.63. The van der Waals surface area contributed by atoms with E-state index in [1.54, 1.807) is 0 Å². The van der Waals surface area contributed by atoms with Crippen molar-refractivity contribution in [3.8, 4) is 5.69 Å². The Morgan fingerprint density at radius 2 is 1.63 bits per heavy atom. The molecule has 0 saturated carbocycles. The van der Waals surface area contributed by atoms with Crippen LogP contribution in [0.3, 0.4) is 0 Å². The molecule has 0 bridgehead atoms. The molecule has 19 heavy (non-hydrogen) atoms. The van der Waals surface area contributed by atoms with Gasteiger partial charge in [-0.1, -0.05) is 0 Å². The second kappa shape index (κ2) is 5.05. The van der Waals surface area contributed by atoms with E-state index in [1.165, 1.54) is 11.4 Å². The number of nitrogens with one attached hydrogen (secondary N) is 1. The molecule has 1 N–H and O–H groups in total. The third kappa shape index (κ3) is 2.49. The summed E-state index contributed by atoms with van der Waals surface area (Å²) in [7, 11) is 0. The Morgan fingerprint density at radius 3 is 2.21 bits per heavy atom. The first kappa shape index (κ1) is 12.2. The fraction of sp³-hybridized carbons (Fsp3) is 0.400. The topological polar surface area (TPSA) is 33.1 Å². The summed E-state index contributed by atoms with van der Waals surface area (Å²) < 4.78 is 2.14. The van der Waals surface area contributed by atoms with Crippen molar-refractivity contribution in [1.82, 2.24) is 14.9 Å². The van der Waals surface area contributed by atoms with Crippen LogP contribution in [0.2, 0.25) is 0 Å². The molecule has 1 aromatic heterocycles. The molecule has 1 saturated heterocycles. The van der Waals surface area contributed by atoms with Crippen LogP contribution in [-0.2, 0) is 0 Å². The molecule has 2 heterocycles. The van der Waals surface area contributed by atoms with Crippen molar-refractivity contribution in [2.75, 3.05) is 31.1 Å². The zero-order chi connectivity index (χ0) is 13.2. The summed E-state index contributed by atoms with van der Waals surface area (Å²) >= 11 is 0. The number of nitrogens with zero attached hydrogens (tertiary/aromatic N) is 3. The summed E-state index contributed by atoms with van der Waals surface area (Å²) in [5.41, 5.74) is 3.54. The normalized spacial score (nSPS) is 15.8. The zero-order valence-corrected chi connectivity index (χ0v) is 11.6. The lowest BCUT2D eigenvalue weighted by molar-refractivity contribution is 0.589. The Labute approximate surface area is 114 Å². The van der Waals surface area contributed by atoms with Crippen molar-refractivity contribution in [1.29, 1.82) is 0 Å². The van der Waals surface area contributed by atoms with Gasteiger partial charge in [0.1, 0.15) is 5.82 Å². The molecular formula is C15H20N4. The summed E-state index contributed by atoms with van der Waals surface area (Å²) in [5.74, 6) is 1.03. The number of hydrogen-bond acceptors (Lipinski definition) is 3. The molecule has 0 atom stereocenters. The standard InChI is InChI=1S/C15H20N4/c1-12-11-19(13(2)17-12)15-5-3-14(4-6-15)18-9-7-16-8-10-18/h3-6,11,16H,7-10H2,1-2H3. The summed E-state index contributed by atoms with van der Waals surface area (Å²) in [4.78, 5) is 6.87. The van der Waals surface area contributed by atoms with Crippen LogP contribution in [0.4, 0.5) is 5.69 Å². The number of benzene rings is 1. The molecule has 1 fully saturated rings. The Kier molecular flexibility index (Phi) is 3.25. The molecule has 1 aromatic carbocycles. The molecule has 0 aliphatic carbocycles. The van der Waals surface area contributed by atoms with Crippen LogP contribution in [0.5, 0.6) is 0 Å². The van der Waals surface area contributed by atoms with E-state index < -0.39 is 0 Å². The smallest absolute Gasteiger partial charge is 0.110 e. The molecule has 0 amide bonds. The number of imidazole rings is 1. The quantitative estimate of drug-likeness (QED) is 0.891. The van der Waals surface area contributed by atoms with Gasteiger partial charge in [0.15, 0.2) is 0 Å². The second-order valence-corrected chi connectivity index (χ2v) is 5.05. The van der Waals surface area contributed by atoms with Crippen LogP contribution in [0.15, 0.2) is 30.5 Å². The van der Waals surface area contributed by atoms with E-state index in [0.29, 0.717) is 0 Å². The van der Waals surface area contributed by atoms with Crippen molar-refractivity contribution >= 4 is 5.69 Å². The summed E-state index contributed by atoms with van der Waals surface area (Å²) in [6, 6.07) is 8.75. The summed E-state index contributed by atoms with van der Waals surface area (Å²) in [6.45, 7) is 8.38. The van der Waals surface area contributed by atoms with Gasteiger partial charge in [-0.3, -0.25) is 0 Å². The van der Waals surface area contributed by atoms with E-state index in [2.05, 4.69) is 50.2 Å². The van der Waals surface area contributed by atoms with Gasteiger partial charge in [0.25, 0.3) is 0 Å². The minimum absolute atomic E-state index is 1.03. The van der Waals surface area contributed by atoms with Crippen LogP contribution >= 0.6 is 0 Å². The highest BCUT2D eigenvalue weighted by molar-refractivity contribution is 5.51. The average Bonchev–Trinajstić information content (AvgIpc) is 2.79. The molecular weight excluding hydrogens is 236 g/mol. The highest BCUT2D eigenvalue weighted by Gasteiger charge is 2.10. The van der Waals surface area contributed by atoms with Crippen LogP contribution < -0.4 is 10.2 Å². The van der Waals surface area contributed by atoms with Gasteiger partial charge in [-0.15, -0.1) is 0 Å². The van der Waals surface area contributed by atoms with Gasteiger partial charge in [-0.2, -0.15) is 0 Å². The van der Waals surface area contributed by atoms with Crippen LogP contribution in [0, 0.1) is 13.8 Å². The van der Waals surface area contributed by atoms with Crippen LogP contribution in [-0.4, -0.2) is 35.7 Å². The van der Waals surface area contributed by atoms with Crippen molar-refractivity contribution in [3.05, 3.63) is 42.0 Å². The molecule has 3 rings (SSSR count). The van der Waals surface area contributed by atoms with E-state index in [1.807, 2.05) is 13.8 Å². The molecule has 4 nitrogen and oxygen atoms in total. The van der Waals surface area contributed by atoms with Crippen molar-refractivity contribution < 1.29 is 0 Å². The zero-order valence-electron chi connectivity index (χ0n) is 11.6. The molecule has 2 aromatic rings. The number of rotatable bonds is 2. The maximum Gasteiger partial charge on any atom is 0.110 e. The maximum atomic E-state index is 4.44. The second-order valence-electron chi connectivity index (χ2n) is 5.05. The molecule has 0 unspecified atom stereocenters. The first-order valence-electron chi connectivity index (χ1n) is 6.83. The molecule has 100 valence electrons. The number of anilines is 1. The molecule has 0 radical (unpaired) electrons. The van der Waals surface area contributed by atoms with Gasteiger partial charge in [0, 0.05) is 43.8 Å². The van der Waals surface area contributed by atoms with E-state index in [4.69, 9.17) is 0 Å². The first-order valence-corrected chi connectivity index (χ1v) is 6.83. The number of aromatic nitrogens is 2. The molecule has 4 heteroatoms. The van der Waals surface area contributed by atoms with Gasteiger partial charge in [-0.25, -0.2) is 4.98 Å². The third-order valence-corrected chi connectivity index (χ3v) is 3.61. The lowest BCUT2D eigenvalue weighted by Crippen LogP contribution is -2.43. The third-order valence-electron chi connectivity index (χ3n) is 3.61. The SMILES string of the molecule is Cc1cn(-c2ccc(N3CCNCC3)cc2)c(C)n1. The Balaban J connectivity index is 1.84. The average molecular weight is 256 g/mol. The van der Waals surface area contributed by atoms with Gasteiger partial charge < -0.3 is 14.8 Å². The Morgan fingerprint density at radius 1 is 1.00 bits per heavy atom. The predicted octanol–water partition coefficient (Wildman–Crippen LogP) is 1.90. The number of piperazine rings is 1. The van der Waals surface area contributed by atoms with E-state index >= 15 is 0 Å². The van der Waals surface area contributed by atoms with Gasteiger partial charge >= 0.3 is 0 Å². The van der Waals surface area contributed by atoms with Crippen LogP contribution in [0.1, 0.15) is 11.5 Å². The minimum Gasteiger partial charge on any atom is -0.369 e.